The van der Waals surface area contributed by atoms with E-state index in [0.717, 1.165) is 32.5 Å². The van der Waals surface area contributed by atoms with Crippen molar-refractivity contribution in [1.82, 2.24) is 19.7 Å². The Hall–Kier alpha value is -3.40. The molecule has 38 heavy (non-hydrogen) atoms. The number of halogens is 1. The molecule has 1 aromatic heterocycles. The van der Waals surface area contributed by atoms with Crippen LogP contribution in [0, 0.1) is 5.82 Å². The van der Waals surface area contributed by atoms with Gasteiger partial charge in [0.1, 0.15) is 11.4 Å². The highest BCUT2D eigenvalue weighted by atomic mass is 19.1. The number of carbonyl (C=O) groups excluding carboxylic acids is 2. The molecule has 2 aliphatic rings. The Labute approximate surface area is 222 Å². The fourth-order valence-electron chi connectivity index (χ4n) is 5.08. The van der Waals surface area contributed by atoms with Crippen molar-refractivity contribution in [2.75, 3.05) is 63.9 Å². The van der Waals surface area contributed by atoms with Crippen LogP contribution in [0.15, 0.2) is 35.0 Å². The van der Waals surface area contributed by atoms with Crippen molar-refractivity contribution >= 4 is 28.4 Å². The van der Waals surface area contributed by atoms with Crippen molar-refractivity contribution in [3.05, 3.63) is 51.8 Å². The van der Waals surface area contributed by atoms with Gasteiger partial charge in [0.15, 0.2) is 5.76 Å². The third kappa shape index (κ3) is 5.85. The van der Waals surface area contributed by atoms with Gasteiger partial charge in [-0.3, -0.25) is 14.4 Å². The predicted octanol–water partition coefficient (Wildman–Crippen LogP) is 2.58. The molecule has 10 heteroatoms. The van der Waals surface area contributed by atoms with E-state index in [4.69, 9.17) is 4.74 Å². The van der Waals surface area contributed by atoms with Gasteiger partial charge in [-0.25, -0.2) is 4.39 Å². The van der Waals surface area contributed by atoms with Crippen molar-refractivity contribution in [3.8, 4) is 0 Å². The number of benzene rings is 1. The average Bonchev–Trinajstić information content (AvgIpc) is 3.48. The van der Waals surface area contributed by atoms with Crippen molar-refractivity contribution in [2.24, 2.45) is 0 Å². The van der Waals surface area contributed by atoms with Gasteiger partial charge in [-0.2, -0.15) is 0 Å². The molecule has 1 saturated heterocycles. The highest BCUT2D eigenvalue weighted by molar-refractivity contribution is 5.98. The summed E-state index contributed by atoms with van der Waals surface area (Å²) in [5, 5.41) is 3.03. The smallest absolute Gasteiger partial charge is 0.288 e. The van der Waals surface area contributed by atoms with Crippen LogP contribution in [0.25, 0.3) is 10.9 Å². The Balaban J connectivity index is 1.50. The number of carbonyl (C=O) groups is 2. The Morgan fingerprint density at radius 3 is 2.47 bits per heavy atom. The fraction of sp³-hybridized carbons (Fsp3) is 0.536. The molecule has 1 fully saturated rings. The van der Waals surface area contributed by atoms with E-state index in [0.29, 0.717) is 62.8 Å². The summed E-state index contributed by atoms with van der Waals surface area (Å²) in [6, 6.07) is 2.92. The molecule has 0 aliphatic carbocycles. The van der Waals surface area contributed by atoms with Crippen molar-refractivity contribution in [1.29, 1.82) is 0 Å². The van der Waals surface area contributed by atoms with E-state index in [1.807, 2.05) is 22.5 Å². The van der Waals surface area contributed by atoms with Gasteiger partial charge in [-0.15, -0.1) is 0 Å². The van der Waals surface area contributed by atoms with Crippen LogP contribution in [-0.4, -0.2) is 85.1 Å². The van der Waals surface area contributed by atoms with Crippen LogP contribution in [0.1, 0.15) is 44.0 Å². The molecule has 0 bridgehead atoms. The summed E-state index contributed by atoms with van der Waals surface area (Å²) in [7, 11) is 0. The average molecular weight is 528 g/mol. The normalized spacial score (nSPS) is 15.7. The van der Waals surface area contributed by atoms with Crippen LogP contribution in [0.5, 0.6) is 0 Å². The number of nitrogens with one attached hydrogen (secondary N) is 1. The minimum Gasteiger partial charge on any atom is -0.488 e. The van der Waals surface area contributed by atoms with Crippen molar-refractivity contribution in [3.63, 3.8) is 0 Å². The maximum atomic E-state index is 15.3. The second kappa shape index (κ2) is 12.4. The van der Waals surface area contributed by atoms with Crippen LogP contribution in [0.2, 0.25) is 0 Å². The van der Waals surface area contributed by atoms with Gasteiger partial charge >= 0.3 is 0 Å². The van der Waals surface area contributed by atoms with E-state index in [-0.39, 0.29) is 16.9 Å². The third-order valence-electron chi connectivity index (χ3n) is 7.39. The van der Waals surface area contributed by atoms with E-state index in [1.165, 1.54) is 6.07 Å². The molecule has 2 aromatic rings. The first kappa shape index (κ1) is 27.6. The zero-order valence-corrected chi connectivity index (χ0v) is 22.6. The standard InChI is InChI=1S/C28H38FN5O4/c1-4-31(5-2)11-8-10-30-27(36)21-19-32(6-3)23-18-24(22(29)17-20(23)26(21)35)33-12-14-34(15-13-33)28(37)25-9-7-16-38-25/h9,17-19H,4-8,10-16H2,1-3H3,(H,30,36). The Kier molecular flexibility index (Phi) is 9.04. The van der Waals surface area contributed by atoms with E-state index >= 15 is 4.39 Å². The molecule has 1 aromatic carbocycles. The molecule has 2 amide bonds. The van der Waals surface area contributed by atoms with Crippen LogP contribution >= 0.6 is 0 Å². The number of aryl methyl sites for hydroxylation is 1. The van der Waals surface area contributed by atoms with E-state index in [2.05, 4.69) is 24.1 Å². The first-order chi connectivity index (χ1) is 18.4. The minimum atomic E-state index is -0.518. The summed E-state index contributed by atoms with van der Waals surface area (Å²) in [5.41, 5.74) is 0.507. The Bertz CT molecular complexity index is 1260. The Morgan fingerprint density at radius 2 is 1.84 bits per heavy atom. The fourth-order valence-corrected chi connectivity index (χ4v) is 5.08. The molecule has 9 nitrogen and oxygen atoms in total. The number of aromatic nitrogens is 1. The number of ether oxygens (including phenoxy) is 1. The van der Waals surface area contributed by atoms with Crippen molar-refractivity contribution < 1.29 is 18.7 Å². The zero-order chi connectivity index (χ0) is 27.2. The highest BCUT2D eigenvalue weighted by Gasteiger charge is 2.27. The molecule has 4 rings (SSSR count). The maximum Gasteiger partial charge on any atom is 0.288 e. The summed E-state index contributed by atoms with van der Waals surface area (Å²) in [6.45, 7) is 12.2. The summed E-state index contributed by atoms with van der Waals surface area (Å²) < 4.78 is 22.5. The largest absolute Gasteiger partial charge is 0.488 e. The monoisotopic (exact) mass is 527 g/mol. The van der Waals surface area contributed by atoms with Crippen LogP contribution in [0.3, 0.4) is 0 Å². The summed E-state index contributed by atoms with van der Waals surface area (Å²) in [6.07, 6.45) is 4.90. The number of hydrogen-bond donors (Lipinski definition) is 1. The first-order valence-electron chi connectivity index (χ1n) is 13.6. The van der Waals surface area contributed by atoms with Crippen LogP contribution in [0.4, 0.5) is 10.1 Å². The first-order valence-corrected chi connectivity index (χ1v) is 13.6. The molecule has 0 spiro atoms. The van der Waals surface area contributed by atoms with Crippen LogP contribution < -0.4 is 15.6 Å². The lowest BCUT2D eigenvalue weighted by Gasteiger charge is -2.36. The number of nitrogens with zero attached hydrogens (tertiary/aromatic N) is 4. The molecule has 0 unspecified atom stereocenters. The van der Waals surface area contributed by atoms with Gasteiger partial charge < -0.3 is 29.3 Å². The Morgan fingerprint density at radius 1 is 1.11 bits per heavy atom. The highest BCUT2D eigenvalue weighted by Crippen LogP contribution is 2.27. The minimum absolute atomic E-state index is 0.0184. The second-order valence-corrected chi connectivity index (χ2v) is 9.60. The molecule has 3 heterocycles. The number of amides is 2. The maximum absolute atomic E-state index is 15.3. The SMILES string of the molecule is CCN(CC)CCCNC(=O)c1cn(CC)c2cc(N3CCN(C(=O)C4=CCCO4)CC3)c(F)cc2c1=O. The molecule has 0 saturated carbocycles. The quantitative estimate of drug-likeness (QED) is 0.478. The van der Waals surface area contributed by atoms with E-state index in [9.17, 15) is 14.4 Å². The molecule has 0 radical (unpaired) electrons. The van der Waals surface area contributed by atoms with Crippen molar-refractivity contribution in [2.45, 2.75) is 40.2 Å². The van der Waals surface area contributed by atoms with Crippen LogP contribution in [-0.2, 0) is 16.1 Å². The van der Waals surface area contributed by atoms with E-state index in [1.54, 1.807) is 17.2 Å². The third-order valence-corrected chi connectivity index (χ3v) is 7.39. The number of anilines is 1. The lowest BCUT2D eigenvalue weighted by atomic mass is 10.1. The molecule has 206 valence electrons. The summed E-state index contributed by atoms with van der Waals surface area (Å²) in [5.74, 6) is -0.688. The summed E-state index contributed by atoms with van der Waals surface area (Å²) >= 11 is 0. The zero-order valence-electron chi connectivity index (χ0n) is 22.6. The second-order valence-electron chi connectivity index (χ2n) is 9.60. The molecular formula is C28H38FN5O4. The van der Waals surface area contributed by atoms with Gasteiger partial charge in [0.05, 0.1) is 17.8 Å². The predicted molar refractivity (Wildman–Crippen MR) is 146 cm³/mol. The van der Waals surface area contributed by atoms with E-state index < -0.39 is 17.2 Å². The number of piperazine rings is 1. The topological polar surface area (TPSA) is 87.1 Å². The van der Waals surface area contributed by atoms with Gasteiger partial charge in [-0.05, 0) is 51.2 Å². The number of pyridine rings is 1. The number of rotatable bonds is 10. The molecular weight excluding hydrogens is 489 g/mol. The molecule has 0 atom stereocenters. The lowest BCUT2D eigenvalue weighted by Crippen LogP contribution is -2.49. The number of fused-ring (bicyclic) bond motifs is 1. The molecule has 2 aliphatic heterocycles. The van der Waals surface area contributed by atoms with Gasteiger partial charge in [-0.1, -0.05) is 13.8 Å². The number of hydrogen-bond acceptors (Lipinski definition) is 6. The summed E-state index contributed by atoms with van der Waals surface area (Å²) in [4.78, 5) is 44.6. The van der Waals surface area contributed by atoms with Gasteiger partial charge in [0, 0.05) is 57.3 Å². The van der Waals surface area contributed by atoms with Gasteiger partial charge in [0.2, 0.25) is 5.43 Å². The lowest BCUT2D eigenvalue weighted by molar-refractivity contribution is -0.130. The van der Waals surface area contributed by atoms with Gasteiger partial charge in [0.25, 0.3) is 11.8 Å². The molecule has 1 N–H and O–H groups in total.